The smallest absolute Gasteiger partial charge is 0.164 e. The highest BCUT2D eigenvalue weighted by Crippen LogP contribution is 2.34. The van der Waals surface area contributed by atoms with Crippen LogP contribution < -0.4 is 0 Å². The molecule has 0 amide bonds. The van der Waals surface area contributed by atoms with E-state index >= 15 is 0 Å². The van der Waals surface area contributed by atoms with Gasteiger partial charge < -0.3 is 0 Å². The van der Waals surface area contributed by atoms with E-state index in [9.17, 15) is 0 Å². The second-order valence-corrected chi connectivity index (χ2v) is 28.6. The van der Waals surface area contributed by atoms with Crippen molar-refractivity contribution < 1.29 is 0 Å². The Morgan fingerprint density at radius 2 is 0.157 bits per heavy atom. The van der Waals surface area contributed by atoms with Gasteiger partial charge in [0, 0.05) is 66.8 Å². The molecule has 12 aromatic carbocycles. The summed E-state index contributed by atoms with van der Waals surface area (Å²) in [6.07, 6.45) is 10.2. The van der Waals surface area contributed by atoms with E-state index in [1.165, 1.54) is 66.8 Å². The zero-order valence-corrected chi connectivity index (χ0v) is 59.6. The molecule has 16 aromatic rings. The fraction of sp³-hybridized carbons (Fsp3) is 0.125. The molecule has 0 saturated heterocycles. The zero-order chi connectivity index (χ0) is 71.7. The van der Waals surface area contributed by atoms with Crippen molar-refractivity contribution in [3.8, 4) is 137 Å². The van der Waals surface area contributed by atoms with Gasteiger partial charge in [0.15, 0.2) is 69.9 Å². The first-order chi connectivity index (χ1) is 53.3. The number of nitrogens with zero attached hydrogens (tertiary/aromatic N) is 12. The third-order valence-electron chi connectivity index (χ3n) is 21.3. The Hall–Kier alpha value is -13.3. The first-order valence-electron chi connectivity index (χ1n) is 37.5. The monoisotopic (exact) mass is 1390 g/mol. The van der Waals surface area contributed by atoms with Gasteiger partial charge in [-0.2, -0.15) is 0 Å². The largest absolute Gasteiger partial charge is 0.208 e. The Labute approximate surface area is 627 Å². The van der Waals surface area contributed by atoms with Gasteiger partial charge in [-0.1, -0.05) is 291 Å². The van der Waals surface area contributed by atoms with Crippen molar-refractivity contribution in [3.05, 3.63) is 358 Å². The van der Waals surface area contributed by atoms with Gasteiger partial charge >= 0.3 is 0 Å². The Morgan fingerprint density at radius 1 is 0.0926 bits per heavy atom. The molecule has 36 bridgehead atoms. The molecule has 52 aliphatic heterocycles. The highest BCUT2D eigenvalue weighted by atomic mass is 15.1. The van der Waals surface area contributed by atoms with Gasteiger partial charge in [-0.25, -0.2) is 59.8 Å². The standard InChI is InChI=1S/C96H72N12/c1-2-62-15-39-74(40-16-62)86-99-89-77-45-21-65(22-46-77)7-9-69-29-53-81(54-30-69)93-103-91-79-49-25-67(26-50-79)5-3-63-17-41-75(42-18-63)87-97-85(73-37-13-61(1)14-38-73)98-88(101-87)76-43-19-64(20-44-76)4-6-68-27-51-80(52-28-68)92-104-94(82-55-31-70(32-56-82)10-8-66-23-47-78(48-24-66)90(100-86)102-89)108-96(106-92)84-59-35-72(36-60-84)12-11-71-33-57-83(58-34-71)95(105-91)107-93/h13-60H,1-12H2. The number of aromatic nitrogens is 12. The summed E-state index contributed by atoms with van der Waals surface area (Å²) in [7, 11) is 0. The minimum atomic E-state index is 0.615. The van der Waals surface area contributed by atoms with E-state index in [0.29, 0.717) is 69.9 Å². The van der Waals surface area contributed by atoms with E-state index in [2.05, 4.69) is 291 Å². The van der Waals surface area contributed by atoms with Crippen LogP contribution in [0.4, 0.5) is 0 Å². The van der Waals surface area contributed by atoms with Crippen molar-refractivity contribution in [2.45, 2.75) is 77.0 Å². The number of hydrogen-bond donors (Lipinski definition) is 0. The molecule has 52 aliphatic rings. The molecule has 0 saturated carbocycles. The van der Waals surface area contributed by atoms with Crippen molar-refractivity contribution in [1.82, 2.24) is 59.8 Å². The summed E-state index contributed by atoms with van der Waals surface area (Å²) in [5, 5.41) is 0. The molecular weight excluding hydrogens is 1320 g/mol. The molecule has 0 aliphatic carbocycles. The third-order valence-corrected chi connectivity index (χ3v) is 21.3. The Balaban J connectivity index is 0.755. The van der Waals surface area contributed by atoms with Gasteiger partial charge in [-0.05, 0) is 144 Å². The van der Waals surface area contributed by atoms with Crippen LogP contribution in [0.25, 0.3) is 137 Å². The maximum Gasteiger partial charge on any atom is 0.164 e. The molecule has 0 fully saturated rings. The minimum Gasteiger partial charge on any atom is -0.208 e. The molecule has 56 heterocycles. The number of aryl methyl sites for hydroxylation is 12. The fourth-order valence-corrected chi connectivity index (χ4v) is 14.6. The summed E-state index contributed by atoms with van der Waals surface area (Å²) in [6, 6.07) is 104. The highest BCUT2D eigenvalue weighted by molar-refractivity contribution is 5.72. The summed E-state index contributed by atoms with van der Waals surface area (Å²) in [5.74, 6) is 7.38. The SMILES string of the molecule is c1cc2ccc1CCc1ccc(cc1)-c1nc3nc(n1)-c1ccc(cc1)CCc1ccc(cc1)-c1nc4nc(n1)-c1ccc(cc1)CCc1ccc(cc1)-c1nc(nc(n1)-c1ccc(cc1)CCc1ccc-3cc1)-c1ccc(cc1)CCc1ccc(cc1)-c1nc-2nc(n1)-c1ccc(cc1)CCc1ccc-4cc1. The maximum atomic E-state index is 5.21. The summed E-state index contributed by atoms with van der Waals surface area (Å²) >= 11 is 0. The molecule has 0 unspecified atom stereocenters. The van der Waals surface area contributed by atoms with E-state index in [1.807, 2.05) is 0 Å². The fourth-order valence-electron chi connectivity index (χ4n) is 14.6. The first-order valence-corrected chi connectivity index (χ1v) is 37.5. The summed E-state index contributed by atoms with van der Waals surface area (Å²) in [5.41, 5.74) is 25.6. The molecule has 68 rings (SSSR count). The summed E-state index contributed by atoms with van der Waals surface area (Å²) in [6.45, 7) is 0. The predicted octanol–water partition coefficient (Wildman–Crippen LogP) is 20.1. The molecule has 516 valence electrons. The van der Waals surface area contributed by atoms with Crippen LogP contribution in [-0.4, -0.2) is 59.8 Å². The maximum absolute atomic E-state index is 5.21. The highest BCUT2D eigenvalue weighted by Gasteiger charge is 2.20. The zero-order valence-electron chi connectivity index (χ0n) is 59.6. The topological polar surface area (TPSA) is 155 Å². The van der Waals surface area contributed by atoms with Gasteiger partial charge in [-0.15, -0.1) is 0 Å². The van der Waals surface area contributed by atoms with Crippen molar-refractivity contribution in [3.63, 3.8) is 0 Å². The molecular formula is C96H72N12. The lowest BCUT2D eigenvalue weighted by atomic mass is 10.0. The number of hydrogen-bond acceptors (Lipinski definition) is 12. The molecule has 12 nitrogen and oxygen atoms in total. The average Bonchev–Trinajstić information content (AvgIpc) is 0.812. The van der Waals surface area contributed by atoms with Crippen LogP contribution in [0.1, 0.15) is 66.8 Å². The van der Waals surface area contributed by atoms with Crippen LogP contribution in [-0.2, 0) is 77.0 Å². The van der Waals surface area contributed by atoms with Crippen molar-refractivity contribution in [2.24, 2.45) is 0 Å². The lowest BCUT2D eigenvalue weighted by molar-refractivity contribution is 0.958. The van der Waals surface area contributed by atoms with Crippen LogP contribution in [0.3, 0.4) is 0 Å². The molecule has 4 aromatic heterocycles. The molecule has 0 spiro atoms. The molecule has 12 heteroatoms. The van der Waals surface area contributed by atoms with Crippen LogP contribution in [0, 0.1) is 0 Å². The second kappa shape index (κ2) is 29.0. The van der Waals surface area contributed by atoms with E-state index in [4.69, 9.17) is 59.8 Å². The predicted molar refractivity (Wildman–Crippen MR) is 429 cm³/mol. The minimum absolute atomic E-state index is 0.615. The van der Waals surface area contributed by atoms with Crippen LogP contribution in [0.5, 0.6) is 0 Å². The lowest BCUT2D eigenvalue weighted by Crippen LogP contribution is -2.01. The third kappa shape index (κ3) is 14.4. The molecule has 0 atom stereocenters. The molecule has 0 radical (unpaired) electrons. The second-order valence-electron chi connectivity index (χ2n) is 28.6. The van der Waals surface area contributed by atoms with Crippen molar-refractivity contribution >= 4 is 0 Å². The van der Waals surface area contributed by atoms with Crippen LogP contribution >= 0.6 is 0 Å². The normalized spacial score (nSPS) is 13.1. The summed E-state index contributed by atoms with van der Waals surface area (Å²) in [4.78, 5) is 62.5. The van der Waals surface area contributed by atoms with Gasteiger partial charge in [0.25, 0.3) is 0 Å². The Bertz CT molecular complexity index is 4560. The van der Waals surface area contributed by atoms with E-state index < -0.39 is 0 Å². The van der Waals surface area contributed by atoms with Crippen LogP contribution in [0.2, 0.25) is 0 Å². The van der Waals surface area contributed by atoms with Crippen LogP contribution in [0.15, 0.2) is 291 Å². The number of benzene rings is 12. The van der Waals surface area contributed by atoms with E-state index in [-0.39, 0.29) is 0 Å². The summed E-state index contributed by atoms with van der Waals surface area (Å²) < 4.78 is 0. The molecule has 0 N–H and O–H groups in total. The van der Waals surface area contributed by atoms with Gasteiger partial charge in [0.2, 0.25) is 0 Å². The Kier molecular flexibility index (Phi) is 17.6. The van der Waals surface area contributed by atoms with Crippen molar-refractivity contribution in [1.29, 1.82) is 0 Å². The number of rotatable bonds is 0. The first kappa shape index (κ1) is 65.4. The Morgan fingerprint density at radius 3 is 0.222 bits per heavy atom. The lowest BCUT2D eigenvalue weighted by Gasteiger charge is -2.11. The average molecular weight is 1390 g/mol. The van der Waals surface area contributed by atoms with Crippen molar-refractivity contribution in [2.75, 3.05) is 0 Å². The molecule has 108 heavy (non-hydrogen) atoms. The van der Waals surface area contributed by atoms with E-state index in [0.717, 1.165) is 144 Å². The van der Waals surface area contributed by atoms with Gasteiger partial charge in [0.1, 0.15) is 0 Å². The van der Waals surface area contributed by atoms with Gasteiger partial charge in [-0.3, -0.25) is 0 Å². The van der Waals surface area contributed by atoms with E-state index in [1.54, 1.807) is 0 Å². The van der Waals surface area contributed by atoms with Gasteiger partial charge in [0.05, 0.1) is 0 Å². The quantitative estimate of drug-likeness (QED) is 0.142.